The zero-order chi connectivity index (χ0) is 55.8. The quantitative estimate of drug-likeness (QED) is 0.0635. The van der Waals surface area contributed by atoms with Gasteiger partial charge >= 0.3 is 16.8 Å². The van der Waals surface area contributed by atoms with Crippen LogP contribution in [-0.2, 0) is 50.3 Å². The predicted molar refractivity (Wildman–Crippen MR) is 270 cm³/mol. The summed E-state index contributed by atoms with van der Waals surface area (Å²) in [4.78, 5) is 124. The van der Waals surface area contributed by atoms with Gasteiger partial charge in [-0.15, -0.1) is 16.8 Å². The molecule has 8 bridgehead atoms. The summed E-state index contributed by atoms with van der Waals surface area (Å²) in [6, 6.07) is -0.923. The maximum atomic E-state index is 13.5. The molecule has 10 atom stereocenters. The van der Waals surface area contributed by atoms with Gasteiger partial charge in [0.1, 0.15) is 0 Å². The first-order chi connectivity index (χ1) is 33.8. The zero-order valence-electron chi connectivity index (χ0n) is 43.5. The van der Waals surface area contributed by atoms with Crippen LogP contribution in [0.15, 0.2) is 60.0 Å². The molecule has 5 aliphatic rings. The maximum Gasteiger partial charge on any atom is 3.00 e. The Morgan fingerprint density at radius 2 is 1.23 bits per heavy atom. The van der Waals surface area contributed by atoms with Gasteiger partial charge in [0.05, 0.1) is 11.6 Å². The van der Waals surface area contributed by atoms with E-state index in [0.717, 1.165) is 10.7 Å². The molecule has 0 aromatic heterocycles. The van der Waals surface area contributed by atoms with Crippen molar-refractivity contribution in [3.63, 3.8) is 0 Å². The van der Waals surface area contributed by atoms with Crippen LogP contribution in [0.25, 0.3) is 0 Å². The van der Waals surface area contributed by atoms with Crippen LogP contribution in [0.4, 0.5) is 0 Å². The summed E-state index contributed by atoms with van der Waals surface area (Å²) in [7, 11) is 0. The van der Waals surface area contributed by atoms with Crippen LogP contribution >= 0.6 is 0 Å². The smallest absolute Gasteiger partial charge is 0.851 e. The largest absolute Gasteiger partial charge is 3.00 e. The zero-order valence-corrected chi connectivity index (χ0v) is 44.5. The minimum atomic E-state index is -1.40. The van der Waals surface area contributed by atoms with E-state index in [4.69, 9.17) is 69.6 Å². The predicted octanol–water partition coefficient (Wildman–Crippen LogP) is 1.60. The molecule has 25 nitrogen and oxygen atoms in total. The molecule has 0 saturated carbocycles. The Balaban J connectivity index is 0.00000255. The number of nitrogens with zero attached hydrogens (tertiary/aromatic N) is 5. The second-order valence-electron chi connectivity index (χ2n) is 21.3. The van der Waals surface area contributed by atoms with E-state index in [9.17, 15) is 38.7 Å². The van der Waals surface area contributed by atoms with Gasteiger partial charge in [-0.3, -0.25) is 48.5 Å². The summed E-state index contributed by atoms with van der Waals surface area (Å²) in [6.45, 7) is 16.7. The van der Waals surface area contributed by atoms with Crippen LogP contribution in [0.1, 0.15) is 133 Å². The van der Waals surface area contributed by atoms with Gasteiger partial charge in [0, 0.05) is 131 Å². The molecule has 2 unspecified atom stereocenters. The third-order valence-electron chi connectivity index (χ3n) is 16.1. The van der Waals surface area contributed by atoms with Crippen molar-refractivity contribution in [2.75, 3.05) is 6.54 Å². The number of carbonyl (C=O) groups is 7. The molecule has 0 aromatic carbocycles. The Labute approximate surface area is 440 Å². The van der Waals surface area contributed by atoms with Gasteiger partial charge in [0.2, 0.25) is 41.4 Å². The fourth-order valence-corrected chi connectivity index (χ4v) is 12.3. The molecule has 0 aromatic rings. The number of primary amides is 6. The molecular weight excluding hydrogens is 1010 g/mol. The van der Waals surface area contributed by atoms with E-state index in [1.54, 1.807) is 0 Å². The van der Waals surface area contributed by atoms with Crippen LogP contribution < -0.4 is 50.1 Å². The minimum absolute atomic E-state index is 0. The van der Waals surface area contributed by atoms with E-state index in [2.05, 4.69) is 10.6 Å². The molecule has 1 saturated heterocycles. The molecule has 14 N–H and O–H groups in total. The number of nitrogens with one attached hydrogen (secondary N) is 2. The Hall–Kier alpha value is -6.41. The first-order valence-corrected chi connectivity index (χ1v) is 24.0. The fraction of sp³-hybridized carbons (Fsp3) is 0.667. The van der Waals surface area contributed by atoms with E-state index < -0.39 is 98.5 Å². The summed E-state index contributed by atoms with van der Waals surface area (Å²) in [6.07, 6.45) is 0.877. The molecule has 7 amide bonds. The number of aliphatic imine (C=N–C) groups is 3. The molecular formula is C48H72CoN13O12. The molecule has 74 heavy (non-hydrogen) atoms. The van der Waals surface area contributed by atoms with E-state index in [-0.39, 0.29) is 93.4 Å². The van der Waals surface area contributed by atoms with Crippen molar-refractivity contribution < 1.29 is 55.4 Å². The van der Waals surface area contributed by atoms with Gasteiger partial charge in [-0.2, -0.15) is 0 Å². The number of rotatable bonds is 20. The fourth-order valence-electron chi connectivity index (χ4n) is 12.3. The molecule has 0 spiro atoms. The van der Waals surface area contributed by atoms with Crippen molar-refractivity contribution in [1.29, 1.82) is 0 Å². The number of allylic oxidation sites excluding steroid dienone is 6. The first kappa shape index (κ1) is 63.7. The van der Waals surface area contributed by atoms with Gasteiger partial charge in [-0.1, -0.05) is 41.5 Å². The average Bonchev–Trinajstić information content (AvgIpc) is 3.87. The molecule has 26 heteroatoms. The molecule has 1 fully saturated rings. The molecule has 5 heterocycles. The second kappa shape index (κ2) is 25.2. The van der Waals surface area contributed by atoms with Gasteiger partial charge < -0.3 is 70.4 Å². The molecule has 410 valence electrons. The average molecular weight is 1080 g/mol. The Morgan fingerprint density at radius 3 is 1.70 bits per heavy atom. The summed E-state index contributed by atoms with van der Waals surface area (Å²) in [5, 5.41) is 36.3. The normalized spacial score (nSPS) is 32.2. The van der Waals surface area contributed by atoms with E-state index in [0.29, 0.717) is 51.8 Å². The second-order valence-corrected chi connectivity index (χ2v) is 21.3. The van der Waals surface area contributed by atoms with Crippen molar-refractivity contribution >= 4 is 58.5 Å². The van der Waals surface area contributed by atoms with E-state index >= 15 is 0 Å². The molecule has 5 rings (SSSR count). The van der Waals surface area contributed by atoms with Crippen molar-refractivity contribution in [2.45, 2.75) is 151 Å². The van der Waals surface area contributed by atoms with Crippen LogP contribution in [0.5, 0.6) is 0 Å². The number of hydrogen-bond acceptors (Lipinski definition) is 18. The van der Waals surface area contributed by atoms with Crippen molar-refractivity contribution in [3.05, 3.63) is 54.5 Å². The monoisotopic (exact) mass is 1080 g/mol. The SMILES string of the molecule is C/C1=C2N=C(/C=C3\N/C(=C(/C)C4=N[C@@](C)(C5N=C1[C@](C)(CCC(=O)NC[C@@H](C)[O-])[C@H]5CC(N)=O)[C@@](C)(CC(N)=O)[C@@H]4CCC(N)=O)[C@@](C)(CC(N)=O)C3CCC(N)=O)C(C)(C)[C@@H]/2CCC(N)=O.O=N[O-].O=N[O-].[Co+3]. The summed E-state index contributed by atoms with van der Waals surface area (Å²) < 4.78 is 0. The topological polar surface area (TPSA) is 465 Å². The Morgan fingerprint density at radius 1 is 0.730 bits per heavy atom. The number of carbonyl (C=O) groups excluding carboxylic acids is 7. The molecule has 0 aliphatic carbocycles. The molecule has 5 aliphatic heterocycles. The Bertz CT molecular complexity index is 2430. The minimum Gasteiger partial charge on any atom is -0.851 e. The van der Waals surface area contributed by atoms with Gasteiger partial charge in [-0.25, -0.2) is 0 Å². The van der Waals surface area contributed by atoms with Gasteiger partial charge in [0.15, 0.2) is 0 Å². The molecule has 0 radical (unpaired) electrons. The standard InChI is InChI=1S/C48H72N11O8.Co.2HNO2/c1-23(60)22-55-38(67)16-17-45(6)29(18-35(52)64)43-48(9)47(8,21-37(54)66)28(12-15-34(51)63)40(59-48)25(3)42-46(7,20-36(53)65)26(10-13-32(49)61)30(56-42)19-31-44(4,5)27(11-14-33(50)62)39(57-31)24(2)41(45)58-43;;2*2-1-3/h19,23,26-29,43,56H,10-18,20-22H2,1-9H3,(H2,49,61)(H2,50,62)(H2,51,63)(H2,52,64)(H2,53,65)(H2,54,66)(H,55,67);;2*(H,2,3)/q-1;+3;;/p-2/b30-19-,39-24-,42-25-;;;/t23-,26?,27-,28-,29+,43?,45-,46+,47+,48+;;;/m1.../s1. The van der Waals surface area contributed by atoms with E-state index in [1.165, 1.54) is 6.92 Å². The third-order valence-corrected chi connectivity index (χ3v) is 16.1. The van der Waals surface area contributed by atoms with E-state index in [1.807, 2.05) is 61.5 Å². The van der Waals surface area contributed by atoms with Crippen LogP contribution in [-0.4, -0.2) is 82.7 Å². The number of fused-ring (bicyclic) bond motifs is 6. The number of amides is 7. The van der Waals surface area contributed by atoms with Crippen LogP contribution in [0.2, 0.25) is 0 Å². The van der Waals surface area contributed by atoms with Gasteiger partial charge in [-0.05, 0) is 63.7 Å². The maximum absolute atomic E-state index is 13.5. The van der Waals surface area contributed by atoms with Gasteiger partial charge in [0.25, 0.3) is 0 Å². The van der Waals surface area contributed by atoms with Crippen molar-refractivity contribution in [3.8, 4) is 0 Å². The number of hydrogen-bond donors (Lipinski definition) is 8. The first-order valence-electron chi connectivity index (χ1n) is 24.0. The van der Waals surface area contributed by atoms with Crippen molar-refractivity contribution in [1.82, 2.24) is 10.6 Å². The summed E-state index contributed by atoms with van der Waals surface area (Å²) >= 11 is 0. The van der Waals surface area contributed by atoms with Crippen molar-refractivity contribution in [2.24, 2.45) is 105 Å². The van der Waals surface area contributed by atoms with Crippen LogP contribution in [0, 0.1) is 65.6 Å². The summed E-state index contributed by atoms with van der Waals surface area (Å²) in [5.74, 6) is -6.35. The van der Waals surface area contributed by atoms with Crippen LogP contribution in [0.3, 0.4) is 0 Å². The third kappa shape index (κ3) is 13.3. The summed E-state index contributed by atoms with van der Waals surface area (Å²) in [5.41, 5.74) is 34.8. The number of nitrogens with two attached hydrogens (primary N) is 6. The Kier molecular flexibility index (Phi) is 21.7.